The second-order valence-corrected chi connectivity index (χ2v) is 3.94. The topological polar surface area (TPSA) is 14.1 Å². The number of nitrogens with zero attached hydrogens (tertiary/aromatic N) is 1. The molecule has 0 aromatic heterocycles. The maximum absolute atomic E-state index is 5.94. The highest BCUT2D eigenvalue weighted by atomic mass is 35.5. The lowest BCUT2D eigenvalue weighted by molar-refractivity contribution is 0.453. The lowest BCUT2D eigenvalue weighted by atomic mass is 9.90. The second-order valence-electron chi connectivity index (χ2n) is 3.50. The van der Waals surface area contributed by atoms with E-state index in [-0.39, 0.29) is 0 Å². The maximum atomic E-state index is 5.94. The molecule has 0 atom stereocenters. The van der Waals surface area contributed by atoms with Gasteiger partial charge < -0.3 is 0 Å². The van der Waals surface area contributed by atoms with Gasteiger partial charge in [0.2, 0.25) is 0 Å². The molecule has 1 radical (unpaired) electrons. The number of piperidine rings is 1. The van der Waals surface area contributed by atoms with Gasteiger partial charge in [-0.25, -0.2) is 5.32 Å². The number of halogens is 1. The Morgan fingerprint density at radius 1 is 1.23 bits per heavy atom. The van der Waals surface area contributed by atoms with Crippen LogP contribution >= 0.6 is 11.6 Å². The molecule has 0 aliphatic carbocycles. The molecule has 1 nitrogen and oxygen atoms in total. The van der Waals surface area contributed by atoms with E-state index in [4.69, 9.17) is 11.6 Å². The molecule has 1 aromatic rings. The first kappa shape index (κ1) is 9.04. The predicted octanol–water partition coefficient (Wildman–Crippen LogP) is 2.82. The second kappa shape index (κ2) is 4.12. The van der Waals surface area contributed by atoms with Crippen LogP contribution in [-0.2, 0) is 0 Å². The third-order valence-electron chi connectivity index (χ3n) is 2.59. The van der Waals surface area contributed by atoms with E-state index in [1.807, 2.05) is 12.1 Å². The van der Waals surface area contributed by atoms with Crippen molar-refractivity contribution in [3.05, 3.63) is 34.9 Å². The molecule has 0 saturated carbocycles. The Morgan fingerprint density at radius 3 is 2.69 bits per heavy atom. The summed E-state index contributed by atoms with van der Waals surface area (Å²) < 4.78 is 0. The van der Waals surface area contributed by atoms with Crippen LogP contribution in [0.3, 0.4) is 0 Å². The van der Waals surface area contributed by atoms with Crippen LogP contribution in [-0.4, -0.2) is 13.1 Å². The number of rotatable bonds is 1. The monoisotopic (exact) mass is 194 g/mol. The minimum absolute atomic E-state index is 0.677. The lowest BCUT2D eigenvalue weighted by Crippen LogP contribution is -2.20. The molecule has 1 aliphatic heterocycles. The van der Waals surface area contributed by atoms with Gasteiger partial charge in [-0.2, -0.15) is 0 Å². The van der Waals surface area contributed by atoms with E-state index in [1.165, 1.54) is 18.4 Å². The van der Waals surface area contributed by atoms with Crippen LogP contribution in [0.25, 0.3) is 0 Å². The van der Waals surface area contributed by atoms with Crippen LogP contribution in [0.2, 0.25) is 5.02 Å². The van der Waals surface area contributed by atoms with Crippen LogP contribution in [0, 0.1) is 0 Å². The van der Waals surface area contributed by atoms with Gasteiger partial charge in [0.1, 0.15) is 0 Å². The van der Waals surface area contributed by atoms with Crippen molar-refractivity contribution in [3.63, 3.8) is 0 Å². The fourth-order valence-electron chi connectivity index (χ4n) is 1.84. The summed E-state index contributed by atoms with van der Waals surface area (Å²) in [7, 11) is 0. The molecule has 69 valence electrons. The fraction of sp³-hybridized carbons (Fsp3) is 0.455. The molecule has 1 aliphatic rings. The SMILES string of the molecule is Clc1cccc(C2CC[N]CC2)c1. The van der Waals surface area contributed by atoms with Crippen molar-refractivity contribution in [2.75, 3.05) is 13.1 Å². The zero-order chi connectivity index (χ0) is 9.10. The Morgan fingerprint density at radius 2 is 2.00 bits per heavy atom. The number of hydrogen-bond acceptors (Lipinski definition) is 0. The van der Waals surface area contributed by atoms with Crippen molar-refractivity contribution < 1.29 is 0 Å². The van der Waals surface area contributed by atoms with E-state index in [2.05, 4.69) is 17.4 Å². The van der Waals surface area contributed by atoms with Gasteiger partial charge in [-0.05, 0) is 36.5 Å². The van der Waals surface area contributed by atoms with Gasteiger partial charge in [-0.15, -0.1) is 0 Å². The van der Waals surface area contributed by atoms with Crippen molar-refractivity contribution >= 4 is 11.6 Å². The Bertz CT molecular complexity index is 279. The smallest absolute Gasteiger partial charge is 0.0408 e. The number of benzene rings is 1. The molecule has 0 N–H and O–H groups in total. The molecule has 1 aromatic carbocycles. The highest BCUT2D eigenvalue weighted by Gasteiger charge is 2.15. The summed E-state index contributed by atoms with van der Waals surface area (Å²) in [6, 6.07) is 8.21. The highest BCUT2D eigenvalue weighted by Crippen LogP contribution is 2.27. The van der Waals surface area contributed by atoms with E-state index in [9.17, 15) is 0 Å². The van der Waals surface area contributed by atoms with Crippen LogP contribution in [0.1, 0.15) is 24.3 Å². The van der Waals surface area contributed by atoms with Crippen molar-refractivity contribution in [3.8, 4) is 0 Å². The Kier molecular flexibility index (Phi) is 2.87. The molecule has 0 unspecified atom stereocenters. The van der Waals surface area contributed by atoms with E-state index in [0.717, 1.165) is 18.1 Å². The van der Waals surface area contributed by atoms with Gasteiger partial charge in [-0.3, -0.25) is 0 Å². The van der Waals surface area contributed by atoms with Crippen molar-refractivity contribution in [1.82, 2.24) is 5.32 Å². The van der Waals surface area contributed by atoms with Crippen molar-refractivity contribution in [2.24, 2.45) is 0 Å². The summed E-state index contributed by atoms with van der Waals surface area (Å²) in [4.78, 5) is 0. The van der Waals surface area contributed by atoms with E-state index in [1.54, 1.807) is 0 Å². The average Bonchev–Trinajstić information content (AvgIpc) is 2.19. The lowest BCUT2D eigenvalue weighted by Gasteiger charge is -2.21. The summed E-state index contributed by atoms with van der Waals surface area (Å²) in [6.45, 7) is 2.02. The fourth-order valence-corrected chi connectivity index (χ4v) is 2.04. The Hall–Kier alpha value is -0.530. The standard InChI is InChI=1S/C11H13ClN/c12-11-3-1-2-10(8-11)9-4-6-13-7-5-9/h1-3,8-9H,4-7H2. The van der Waals surface area contributed by atoms with Crippen LogP contribution in [0.4, 0.5) is 0 Å². The van der Waals surface area contributed by atoms with E-state index < -0.39 is 0 Å². The molecule has 2 rings (SSSR count). The largest absolute Gasteiger partial charge is 0.242 e. The minimum Gasteiger partial charge on any atom is -0.242 e. The average molecular weight is 195 g/mol. The molecular formula is C11H13ClN. The molecule has 1 fully saturated rings. The first-order valence-corrected chi connectivity index (χ1v) is 5.13. The molecule has 0 amide bonds. The van der Waals surface area contributed by atoms with Gasteiger partial charge in [0.15, 0.2) is 0 Å². The minimum atomic E-state index is 0.677. The third kappa shape index (κ3) is 2.23. The molecular weight excluding hydrogens is 182 g/mol. The van der Waals surface area contributed by atoms with Crippen LogP contribution < -0.4 is 5.32 Å². The van der Waals surface area contributed by atoms with Gasteiger partial charge in [0, 0.05) is 18.1 Å². The van der Waals surface area contributed by atoms with Gasteiger partial charge in [0.25, 0.3) is 0 Å². The van der Waals surface area contributed by atoms with Crippen molar-refractivity contribution in [1.29, 1.82) is 0 Å². The van der Waals surface area contributed by atoms with Gasteiger partial charge >= 0.3 is 0 Å². The molecule has 0 spiro atoms. The summed E-state index contributed by atoms with van der Waals surface area (Å²) in [6.07, 6.45) is 2.36. The van der Waals surface area contributed by atoms with Crippen LogP contribution in [0.5, 0.6) is 0 Å². The summed E-state index contributed by atoms with van der Waals surface area (Å²) in [5, 5.41) is 5.19. The molecule has 0 bridgehead atoms. The maximum Gasteiger partial charge on any atom is 0.0408 e. The van der Waals surface area contributed by atoms with Gasteiger partial charge in [0.05, 0.1) is 0 Å². The molecule has 1 saturated heterocycles. The van der Waals surface area contributed by atoms with E-state index in [0.29, 0.717) is 5.92 Å². The normalized spacial score (nSPS) is 18.8. The quantitative estimate of drug-likeness (QED) is 0.653. The molecule has 1 heterocycles. The van der Waals surface area contributed by atoms with Crippen LogP contribution in [0.15, 0.2) is 24.3 Å². The first-order valence-electron chi connectivity index (χ1n) is 4.75. The molecule has 13 heavy (non-hydrogen) atoms. The Balaban J connectivity index is 2.14. The number of hydrogen-bond donors (Lipinski definition) is 0. The van der Waals surface area contributed by atoms with E-state index >= 15 is 0 Å². The summed E-state index contributed by atoms with van der Waals surface area (Å²) >= 11 is 5.94. The first-order chi connectivity index (χ1) is 6.36. The summed E-state index contributed by atoms with van der Waals surface area (Å²) in [5.74, 6) is 0.677. The zero-order valence-corrected chi connectivity index (χ0v) is 8.30. The van der Waals surface area contributed by atoms with Gasteiger partial charge in [-0.1, -0.05) is 23.7 Å². The highest BCUT2D eigenvalue weighted by molar-refractivity contribution is 6.30. The van der Waals surface area contributed by atoms with Crippen molar-refractivity contribution in [2.45, 2.75) is 18.8 Å². The summed E-state index contributed by atoms with van der Waals surface area (Å²) in [5.41, 5.74) is 1.38. The zero-order valence-electron chi connectivity index (χ0n) is 7.54. The predicted molar refractivity (Wildman–Crippen MR) is 55.3 cm³/mol. The third-order valence-corrected chi connectivity index (χ3v) is 2.83. The Labute approximate surface area is 84.1 Å². The molecule has 2 heteroatoms.